The molecule has 54 heavy (non-hydrogen) atoms. The molecule has 0 amide bonds. The van der Waals surface area contributed by atoms with Crippen molar-refractivity contribution in [3.05, 3.63) is 48.8 Å². The Hall–Kier alpha value is -2.03. The van der Waals surface area contributed by atoms with Crippen molar-refractivity contribution >= 4 is 19.6 Å². The average Bonchev–Trinajstić information content (AvgIpc) is 3.11. The van der Waals surface area contributed by atoms with E-state index in [1.807, 2.05) is 39.4 Å². The van der Waals surface area contributed by atoms with Crippen molar-refractivity contribution in [2.24, 2.45) is 0 Å². The maximum absolute atomic E-state index is 12.6. The van der Waals surface area contributed by atoms with Crippen LogP contribution in [0.1, 0.15) is 168 Å². The van der Waals surface area contributed by atoms with Crippen LogP contribution in [-0.2, 0) is 32.7 Å². The first-order valence-electron chi connectivity index (χ1n) is 21.4. The molecule has 1 unspecified atom stereocenters. The zero-order valence-electron chi connectivity index (χ0n) is 35.2. The summed E-state index contributed by atoms with van der Waals surface area (Å²) in [5.41, 5.74) is 0. The normalized spacial score (nSPS) is 14.1. The average molecular weight is 782 g/mol. The third-order valence-corrected chi connectivity index (χ3v) is 9.86. The van der Waals surface area contributed by atoms with Crippen molar-refractivity contribution in [1.29, 1.82) is 0 Å². The lowest BCUT2D eigenvalue weighted by molar-refractivity contribution is -0.870. The molecule has 314 valence electrons. The summed E-state index contributed by atoms with van der Waals surface area (Å²) in [5.74, 6) is -0.218. The Bertz CT molecular complexity index is 1070. The number of phosphoric acid groups is 1. The highest BCUT2D eigenvalue weighted by atomic mass is 31.2. The second-order valence-corrected chi connectivity index (χ2v) is 16.9. The highest BCUT2D eigenvalue weighted by Gasteiger charge is 2.20. The van der Waals surface area contributed by atoms with Crippen LogP contribution in [0, 0.1) is 0 Å². The fourth-order valence-corrected chi connectivity index (χ4v) is 6.21. The van der Waals surface area contributed by atoms with E-state index < -0.39 is 19.9 Å². The van der Waals surface area contributed by atoms with Gasteiger partial charge in [0.15, 0.2) is 11.9 Å². The maximum atomic E-state index is 12.6. The molecule has 0 aromatic heterocycles. The van der Waals surface area contributed by atoms with Crippen LogP contribution in [-0.4, -0.2) is 69.8 Å². The van der Waals surface area contributed by atoms with Gasteiger partial charge in [0.05, 0.1) is 34.0 Å². The van der Waals surface area contributed by atoms with Gasteiger partial charge in [-0.15, -0.1) is 0 Å². The molecule has 0 aliphatic rings. The predicted octanol–water partition coefficient (Wildman–Crippen LogP) is 11.3. The molecule has 0 aliphatic heterocycles. The molecule has 0 aromatic rings. The van der Waals surface area contributed by atoms with E-state index in [1.165, 1.54) is 70.6 Å². The molecule has 0 aliphatic carbocycles. The smallest absolute Gasteiger partial charge is 0.306 e. The minimum Gasteiger partial charge on any atom is -0.756 e. The molecule has 0 rings (SSSR count). The number of ether oxygens (including phenoxy) is 2. The van der Waals surface area contributed by atoms with Crippen molar-refractivity contribution in [1.82, 2.24) is 0 Å². The topological polar surface area (TPSA) is 111 Å². The van der Waals surface area contributed by atoms with Gasteiger partial charge in [-0.05, 0) is 76.4 Å². The van der Waals surface area contributed by atoms with E-state index in [-0.39, 0.29) is 32.0 Å². The van der Waals surface area contributed by atoms with E-state index in [4.69, 9.17) is 18.5 Å². The Balaban J connectivity index is 4.39. The van der Waals surface area contributed by atoms with Crippen molar-refractivity contribution in [3.8, 4) is 0 Å². The Morgan fingerprint density at radius 3 is 1.76 bits per heavy atom. The monoisotopic (exact) mass is 782 g/mol. The lowest BCUT2D eigenvalue weighted by atomic mass is 10.1. The standard InChI is InChI=1S/C44H80NO8P/c1-6-8-10-11-12-13-14-15-16-17-18-19-23-26-29-33-38-50-40-43(41-52-54(48,49)51-39-37-45(3,4)5)53-44(47)36-32-28-25-22-20-21-24-27-31-35-42(46)34-30-9-7-2/h13-14,24,27,31,33,35,38,43H,6-12,15-23,25-26,28-30,32,34,36-37,39-41H2,1-5H3/b14-13-,27-24-,35-31+,38-33+/t43-/m1/s1. The SMILES string of the molecule is CCCCCC/C=C\CCCCCCCC/C=C/OC[C@H](COP(=O)([O-])OCC[N+](C)(C)C)OC(=O)CCCCCCC/C=C\C=C\C(=O)CCCCC. The minimum atomic E-state index is -4.56. The molecule has 0 N–H and O–H groups in total. The van der Waals surface area contributed by atoms with E-state index in [0.717, 1.165) is 64.2 Å². The first kappa shape index (κ1) is 52.0. The van der Waals surface area contributed by atoms with Gasteiger partial charge in [0.2, 0.25) is 0 Å². The van der Waals surface area contributed by atoms with Crippen LogP contribution in [0.25, 0.3) is 0 Å². The quantitative estimate of drug-likeness (QED) is 0.00886. The van der Waals surface area contributed by atoms with E-state index in [2.05, 4.69) is 32.1 Å². The molecule has 0 aromatic carbocycles. The van der Waals surface area contributed by atoms with E-state index in [0.29, 0.717) is 23.9 Å². The van der Waals surface area contributed by atoms with Crippen LogP contribution in [0.4, 0.5) is 0 Å². The van der Waals surface area contributed by atoms with Gasteiger partial charge in [0, 0.05) is 12.8 Å². The molecular formula is C44H80NO8P. The summed E-state index contributed by atoms with van der Waals surface area (Å²) in [7, 11) is 1.26. The number of ketones is 1. The van der Waals surface area contributed by atoms with E-state index >= 15 is 0 Å². The van der Waals surface area contributed by atoms with Gasteiger partial charge in [0.25, 0.3) is 7.82 Å². The number of nitrogens with zero attached hydrogens (tertiary/aromatic N) is 1. The van der Waals surface area contributed by atoms with Crippen LogP contribution in [0.2, 0.25) is 0 Å². The molecule has 2 atom stereocenters. The lowest BCUT2D eigenvalue weighted by Crippen LogP contribution is -2.37. The van der Waals surface area contributed by atoms with Gasteiger partial charge in [0.1, 0.15) is 19.8 Å². The van der Waals surface area contributed by atoms with E-state index in [9.17, 15) is 19.0 Å². The van der Waals surface area contributed by atoms with Crippen molar-refractivity contribution in [3.63, 3.8) is 0 Å². The highest BCUT2D eigenvalue weighted by Crippen LogP contribution is 2.38. The first-order chi connectivity index (χ1) is 26.0. The third-order valence-electron chi connectivity index (χ3n) is 8.89. The zero-order valence-corrected chi connectivity index (χ0v) is 36.0. The number of carbonyl (C=O) groups excluding carboxylic acids is 2. The Morgan fingerprint density at radius 1 is 0.630 bits per heavy atom. The summed E-state index contributed by atoms with van der Waals surface area (Å²) < 4.78 is 34.2. The number of esters is 1. The number of rotatable bonds is 39. The second kappa shape index (κ2) is 36.6. The van der Waals surface area contributed by atoms with Gasteiger partial charge in [-0.2, -0.15) is 0 Å². The Labute approximate surface area is 331 Å². The fraction of sp³-hybridized carbons (Fsp3) is 0.773. The summed E-state index contributed by atoms with van der Waals surface area (Å²) in [4.78, 5) is 36.7. The minimum absolute atomic E-state index is 0.00188. The predicted molar refractivity (Wildman–Crippen MR) is 222 cm³/mol. The van der Waals surface area contributed by atoms with Gasteiger partial charge in [-0.25, -0.2) is 0 Å². The molecule has 9 nitrogen and oxygen atoms in total. The number of allylic oxidation sites excluding steroid dienone is 7. The molecule has 0 radical (unpaired) electrons. The zero-order chi connectivity index (χ0) is 40.0. The molecule has 0 heterocycles. The number of carbonyl (C=O) groups is 2. The number of unbranched alkanes of at least 4 members (excludes halogenated alkanes) is 18. The van der Waals surface area contributed by atoms with Crippen molar-refractivity contribution in [2.75, 3.05) is 47.5 Å². The molecule has 0 saturated carbocycles. The second-order valence-electron chi connectivity index (χ2n) is 15.4. The number of hydrogen-bond acceptors (Lipinski definition) is 8. The third kappa shape index (κ3) is 39.7. The lowest BCUT2D eigenvalue weighted by Gasteiger charge is -2.28. The number of likely N-dealkylation sites (N-methyl/N-ethyl adjacent to an activating group) is 1. The molecular weight excluding hydrogens is 701 g/mol. The number of quaternary nitrogens is 1. The van der Waals surface area contributed by atoms with Gasteiger partial charge >= 0.3 is 5.97 Å². The molecule has 0 spiro atoms. The Kier molecular flexibility index (Phi) is 35.2. The highest BCUT2D eigenvalue weighted by molar-refractivity contribution is 7.45. The summed E-state index contributed by atoms with van der Waals surface area (Å²) >= 11 is 0. The van der Waals surface area contributed by atoms with Crippen molar-refractivity contribution in [2.45, 2.75) is 174 Å². The number of hydrogen-bond donors (Lipinski definition) is 0. The fourth-order valence-electron chi connectivity index (χ4n) is 5.49. The van der Waals surface area contributed by atoms with E-state index in [1.54, 1.807) is 12.3 Å². The summed E-state index contributed by atoms with van der Waals surface area (Å²) in [6.07, 6.45) is 40.5. The van der Waals surface area contributed by atoms with Gasteiger partial charge < -0.3 is 27.9 Å². The van der Waals surface area contributed by atoms with Gasteiger partial charge in [-0.3, -0.25) is 14.2 Å². The maximum Gasteiger partial charge on any atom is 0.306 e. The Morgan fingerprint density at radius 2 is 1.15 bits per heavy atom. The molecule has 0 bridgehead atoms. The van der Waals surface area contributed by atoms with Crippen LogP contribution in [0.3, 0.4) is 0 Å². The molecule has 0 fully saturated rings. The summed E-state index contributed by atoms with van der Waals surface area (Å²) in [6, 6.07) is 0. The van der Waals surface area contributed by atoms with Crippen LogP contribution >= 0.6 is 7.82 Å². The van der Waals surface area contributed by atoms with Crippen LogP contribution in [0.5, 0.6) is 0 Å². The largest absolute Gasteiger partial charge is 0.756 e. The summed E-state index contributed by atoms with van der Waals surface area (Å²) in [5, 5.41) is 0. The van der Waals surface area contributed by atoms with Crippen LogP contribution < -0.4 is 4.89 Å². The summed E-state index contributed by atoms with van der Waals surface area (Å²) in [6.45, 7) is 4.50. The van der Waals surface area contributed by atoms with Gasteiger partial charge in [-0.1, -0.05) is 121 Å². The molecule has 10 heteroatoms. The van der Waals surface area contributed by atoms with Crippen molar-refractivity contribution < 1.29 is 42.1 Å². The first-order valence-corrected chi connectivity index (χ1v) is 22.8. The molecule has 0 saturated heterocycles. The number of phosphoric ester groups is 1. The van der Waals surface area contributed by atoms with Crippen LogP contribution in [0.15, 0.2) is 48.8 Å².